The molecule has 1 aliphatic heterocycles. The summed E-state index contributed by atoms with van der Waals surface area (Å²) in [5, 5.41) is 3.10. The first-order valence-electron chi connectivity index (χ1n) is 8.42. The molecule has 0 unspecified atom stereocenters. The number of rotatable bonds is 4. The lowest BCUT2D eigenvalue weighted by Gasteiger charge is -2.30. The Morgan fingerprint density at radius 3 is 2.68 bits per heavy atom. The maximum absolute atomic E-state index is 12.8. The number of nitrogens with one attached hydrogen (secondary N) is 1. The third kappa shape index (κ3) is 2.66. The van der Waals surface area contributed by atoms with E-state index in [-0.39, 0.29) is 5.56 Å². The van der Waals surface area contributed by atoms with Gasteiger partial charge in [-0.1, -0.05) is 19.1 Å². The van der Waals surface area contributed by atoms with E-state index in [2.05, 4.69) is 12.2 Å². The minimum absolute atomic E-state index is 0.101. The monoisotopic (exact) mass is 302 g/mol. The molecule has 0 bridgehead atoms. The molecule has 0 amide bonds. The first-order valence-corrected chi connectivity index (χ1v) is 8.42. The van der Waals surface area contributed by atoms with Crippen LogP contribution < -0.4 is 15.8 Å². The second kappa shape index (κ2) is 6.58. The van der Waals surface area contributed by atoms with E-state index in [1.165, 1.54) is 0 Å². The summed E-state index contributed by atoms with van der Waals surface area (Å²) in [6.45, 7) is 9.54. The Morgan fingerprint density at radius 2 is 2.00 bits per heavy atom. The zero-order chi connectivity index (χ0) is 15.5. The molecule has 3 N–H and O–H groups in total. The van der Waals surface area contributed by atoms with E-state index in [1.54, 1.807) is 4.90 Å². The highest BCUT2D eigenvalue weighted by atomic mass is 16.1. The first-order chi connectivity index (χ1) is 10.8. The van der Waals surface area contributed by atoms with Crippen LogP contribution in [0.3, 0.4) is 0 Å². The highest BCUT2D eigenvalue weighted by molar-refractivity contribution is 5.77. The number of piperazine rings is 1. The number of quaternary nitrogens is 2. The molecule has 5 heteroatoms. The highest BCUT2D eigenvalue weighted by Gasteiger charge is 2.29. The van der Waals surface area contributed by atoms with Crippen molar-refractivity contribution >= 4 is 10.9 Å². The standard InChI is InChI=1S/C17H24N4O/c1-3-15(20-11-9-18-10-12-20)16-19-14-8-6-5-7-13(14)17(22)21(16)4-2/h5-8,15,18H,3-4,9-12H2,1-2H3/p+2/t15-/m0/s1. The van der Waals surface area contributed by atoms with Gasteiger partial charge in [0.1, 0.15) is 32.2 Å². The normalized spacial score (nSPS) is 17.7. The Morgan fingerprint density at radius 1 is 1.27 bits per heavy atom. The van der Waals surface area contributed by atoms with Crippen molar-refractivity contribution in [3.05, 3.63) is 40.4 Å². The quantitative estimate of drug-likeness (QED) is 0.787. The van der Waals surface area contributed by atoms with Crippen molar-refractivity contribution in [3.8, 4) is 0 Å². The van der Waals surface area contributed by atoms with Crippen LogP contribution in [0, 0.1) is 0 Å². The molecule has 118 valence electrons. The second-order valence-corrected chi connectivity index (χ2v) is 6.02. The van der Waals surface area contributed by atoms with Gasteiger partial charge in [0.2, 0.25) is 0 Å². The van der Waals surface area contributed by atoms with Crippen LogP contribution in [0.25, 0.3) is 10.9 Å². The average molecular weight is 302 g/mol. The fourth-order valence-electron chi connectivity index (χ4n) is 3.60. The molecule has 1 aromatic heterocycles. The average Bonchev–Trinajstić information content (AvgIpc) is 2.57. The molecule has 0 spiro atoms. The fraction of sp³-hybridized carbons (Fsp3) is 0.529. The summed E-state index contributed by atoms with van der Waals surface area (Å²) >= 11 is 0. The first kappa shape index (κ1) is 15.2. The van der Waals surface area contributed by atoms with E-state index in [9.17, 15) is 4.79 Å². The van der Waals surface area contributed by atoms with E-state index in [1.807, 2.05) is 35.8 Å². The van der Waals surface area contributed by atoms with Crippen LogP contribution in [-0.4, -0.2) is 35.7 Å². The molecule has 0 saturated carbocycles. The van der Waals surface area contributed by atoms with Gasteiger partial charge in [0.15, 0.2) is 5.82 Å². The maximum atomic E-state index is 12.8. The number of hydrogen-bond acceptors (Lipinski definition) is 2. The Kier molecular flexibility index (Phi) is 4.55. The SMILES string of the molecule is CC[C@@H](c1nc2ccccc2c(=O)n1CC)[NH+]1CC[NH2+]CC1. The van der Waals surface area contributed by atoms with Gasteiger partial charge in [-0.05, 0) is 19.1 Å². The number of nitrogens with zero attached hydrogens (tertiary/aromatic N) is 2. The van der Waals surface area contributed by atoms with Crippen LogP contribution in [0.5, 0.6) is 0 Å². The predicted molar refractivity (Wildman–Crippen MR) is 87.1 cm³/mol. The van der Waals surface area contributed by atoms with E-state index in [4.69, 9.17) is 4.98 Å². The van der Waals surface area contributed by atoms with Crippen LogP contribution >= 0.6 is 0 Å². The van der Waals surface area contributed by atoms with Crippen molar-refractivity contribution in [3.63, 3.8) is 0 Å². The number of fused-ring (bicyclic) bond motifs is 1. The lowest BCUT2D eigenvalue weighted by atomic mass is 10.1. The number of benzene rings is 1. The highest BCUT2D eigenvalue weighted by Crippen LogP contribution is 2.14. The van der Waals surface area contributed by atoms with Gasteiger partial charge in [0.05, 0.1) is 10.9 Å². The minimum Gasteiger partial charge on any atom is -0.337 e. The summed E-state index contributed by atoms with van der Waals surface area (Å²) < 4.78 is 1.88. The Balaban J connectivity index is 2.13. The van der Waals surface area contributed by atoms with Crippen LogP contribution in [0.4, 0.5) is 0 Å². The van der Waals surface area contributed by atoms with Gasteiger partial charge >= 0.3 is 0 Å². The smallest absolute Gasteiger partial charge is 0.261 e. The maximum Gasteiger partial charge on any atom is 0.261 e. The van der Waals surface area contributed by atoms with E-state index < -0.39 is 0 Å². The molecule has 2 heterocycles. The Labute approximate surface area is 131 Å². The van der Waals surface area contributed by atoms with Gasteiger partial charge in [0.25, 0.3) is 5.56 Å². The van der Waals surface area contributed by atoms with Crippen molar-refractivity contribution in [2.24, 2.45) is 0 Å². The summed E-state index contributed by atoms with van der Waals surface area (Å²) in [4.78, 5) is 19.2. The minimum atomic E-state index is 0.101. The molecule has 3 rings (SSSR count). The summed E-state index contributed by atoms with van der Waals surface area (Å²) in [5.74, 6) is 0.964. The molecule has 1 aliphatic rings. The van der Waals surface area contributed by atoms with E-state index >= 15 is 0 Å². The van der Waals surface area contributed by atoms with Gasteiger partial charge in [0, 0.05) is 13.0 Å². The van der Waals surface area contributed by atoms with Crippen molar-refractivity contribution in [1.82, 2.24) is 9.55 Å². The fourth-order valence-corrected chi connectivity index (χ4v) is 3.60. The number of para-hydroxylation sites is 1. The third-order valence-corrected chi connectivity index (χ3v) is 4.76. The summed E-state index contributed by atoms with van der Waals surface area (Å²) in [7, 11) is 0. The topological polar surface area (TPSA) is 55.9 Å². The molecule has 1 saturated heterocycles. The molecule has 22 heavy (non-hydrogen) atoms. The van der Waals surface area contributed by atoms with Gasteiger partial charge in [-0.25, -0.2) is 4.98 Å². The number of hydrogen-bond donors (Lipinski definition) is 2. The van der Waals surface area contributed by atoms with Gasteiger partial charge < -0.3 is 10.2 Å². The van der Waals surface area contributed by atoms with E-state index in [0.717, 1.165) is 49.3 Å². The Hall–Kier alpha value is -1.72. The summed E-state index contributed by atoms with van der Waals surface area (Å²) in [5.41, 5.74) is 0.929. The molecule has 0 radical (unpaired) electrons. The molecule has 0 aliphatic carbocycles. The van der Waals surface area contributed by atoms with Crippen LogP contribution in [0.1, 0.15) is 32.1 Å². The third-order valence-electron chi connectivity index (χ3n) is 4.76. The largest absolute Gasteiger partial charge is 0.337 e. The summed E-state index contributed by atoms with van der Waals surface area (Å²) in [6, 6.07) is 8.01. The summed E-state index contributed by atoms with van der Waals surface area (Å²) in [6.07, 6.45) is 1.01. The number of nitrogens with two attached hydrogens (primary N) is 1. The molecule has 5 nitrogen and oxygen atoms in total. The Bertz CT molecular complexity index is 703. The van der Waals surface area contributed by atoms with Crippen LogP contribution in [0.15, 0.2) is 29.1 Å². The van der Waals surface area contributed by atoms with Crippen molar-refractivity contribution < 1.29 is 10.2 Å². The van der Waals surface area contributed by atoms with Crippen molar-refractivity contribution in [2.75, 3.05) is 26.2 Å². The zero-order valence-electron chi connectivity index (χ0n) is 13.5. The van der Waals surface area contributed by atoms with Crippen molar-refractivity contribution in [2.45, 2.75) is 32.9 Å². The molecule has 1 atom stereocenters. The molecular formula is C17H26N4O+2. The van der Waals surface area contributed by atoms with Gasteiger partial charge in [-0.2, -0.15) is 0 Å². The predicted octanol–water partition coefficient (Wildman–Crippen LogP) is -0.671. The lowest BCUT2D eigenvalue weighted by molar-refractivity contribution is -0.973. The number of aromatic nitrogens is 2. The second-order valence-electron chi connectivity index (χ2n) is 6.02. The van der Waals surface area contributed by atoms with Crippen LogP contribution in [0.2, 0.25) is 0 Å². The lowest BCUT2D eigenvalue weighted by Crippen LogP contribution is -3.20. The van der Waals surface area contributed by atoms with Gasteiger partial charge in [-0.3, -0.25) is 9.36 Å². The molecule has 1 aromatic carbocycles. The molecule has 1 fully saturated rings. The van der Waals surface area contributed by atoms with Crippen LogP contribution in [-0.2, 0) is 6.54 Å². The van der Waals surface area contributed by atoms with Crippen molar-refractivity contribution in [1.29, 1.82) is 0 Å². The molecular weight excluding hydrogens is 276 g/mol. The molecule has 2 aromatic rings. The van der Waals surface area contributed by atoms with E-state index in [0.29, 0.717) is 12.6 Å². The zero-order valence-corrected chi connectivity index (χ0v) is 13.5. The van der Waals surface area contributed by atoms with Gasteiger partial charge in [-0.15, -0.1) is 0 Å².